The summed E-state index contributed by atoms with van der Waals surface area (Å²) in [5.74, 6) is 0.764. The lowest BCUT2D eigenvalue weighted by atomic mass is 9.79. The molecule has 1 aromatic heterocycles. The van der Waals surface area contributed by atoms with Gasteiger partial charge in [-0.15, -0.1) is 0 Å². The molecular formula is C16H28N4O. The van der Waals surface area contributed by atoms with Gasteiger partial charge < -0.3 is 15.4 Å². The quantitative estimate of drug-likeness (QED) is 0.805. The Kier molecular flexibility index (Phi) is 5.94. The number of aryl methyl sites for hydroxylation is 2. The predicted molar refractivity (Wildman–Crippen MR) is 85.7 cm³/mol. The summed E-state index contributed by atoms with van der Waals surface area (Å²) in [6.07, 6.45) is 4.14. The van der Waals surface area contributed by atoms with Crippen LogP contribution in [-0.4, -0.2) is 43.3 Å². The van der Waals surface area contributed by atoms with E-state index in [0.717, 1.165) is 69.3 Å². The van der Waals surface area contributed by atoms with E-state index in [0.29, 0.717) is 0 Å². The van der Waals surface area contributed by atoms with Gasteiger partial charge in [0.1, 0.15) is 0 Å². The molecule has 0 spiro atoms. The van der Waals surface area contributed by atoms with Crippen molar-refractivity contribution in [1.29, 1.82) is 0 Å². The zero-order chi connectivity index (χ0) is 15.1. The van der Waals surface area contributed by atoms with Crippen molar-refractivity contribution in [2.75, 3.05) is 38.7 Å². The van der Waals surface area contributed by atoms with Crippen molar-refractivity contribution >= 4 is 5.95 Å². The fraction of sp³-hybridized carbons (Fsp3) is 0.750. The first-order valence-electron chi connectivity index (χ1n) is 8.01. The van der Waals surface area contributed by atoms with E-state index >= 15 is 0 Å². The van der Waals surface area contributed by atoms with E-state index in [2.05, 4.69) is 40.5 Å². The number of hydrogen-bond acceptors (Lipinski definition) is 5. The summed E-state index contributed by atoms with van der Waals surface area (Å²) >= 11 is 0. The fourth-order valence-electron chi connectivity index (χ4n) is 2.90. The smallest absolute Gasteiger partial charge is 0.223 e. The molecule has 21 heavy (non-hydrogen) atoms. The van der Waals surface area contributed by atoms with Crippen LogP contribution in [0.15, 0.2) is 6.07 Å². The highest BCUT2D eigenvalue weighted by atomic mass is 16.5. The molecule has 2 N–H and O–H groups in total. The molecule has 5 nitrogen and oxygen atoms in total. The first-order chi connectivity index (χ1) is 10.2. The van der Waals surface area contributed by atoms with Crippen molar-refractivity contribution in [3.05, 3.63) is 17.5 Å². The maximum atomic E-state index is 5.45. The zero-order valence-electron chi connectivity index (χ0n) is 13.5. The van der Waals surface area contributed by atoms with Crippen LogP contribution in [-0.2, 0) is 17.6 Å². The second kappa shape index (κ2) is 7.71. The molecule has 0 aromatic carbocycles. The average molecular weight is 292 g/mol. The predicted octanol–water partition coefficient (Wildman–Crippen LogP) is 2.03. The van der Waals surface area contributed by atoms with Crippen molar-refractivity contribution in [1.82, 2.24) is 15.3 Å². The molecule has 0 bridgehead atoms. The fourth-order valence-corrected chi connectivity index (χ4v) is 2.90. The van der Waals surface area contributed by atoms with Crippen LogP contribution >= 0.6 is 0 Å². The number of methoxy groups -OCH3 is 1. The molecule has 0 aliphatic carbocycles. The second-order valence-corrected chi connectivity index (χ2v) is 5.92. The highest BCUT2D eigenvalue weighted by Gasteiger charge is 2.32. The molecule has 0 atom stereocenters. The lowest BCUT2D eigenvalue weighted by Crippen LogP contribution is -2.44. The molecule has 2 heterocycles. The van der Waals surface area contributed by atoms with E-state index < -0.39 is 0 Å². The van der Waals surface area contributed by atoms with Crippen molar-refractivity contribution in [3.8, 4) is 0 Å². The molecule has 1 aromatic rings. The maximum absolute atomic E-state index is 5.45. The molecule has 2 rings (SSSR count). The van der Waals surface area contributed by atoms with Gasteiger partial charge in [0, 0.05) is 30.5 Å². The summed E-state index contributed by atoms with van der Waals surface area (Å²) in [7, 11) is 1.78. The highest BCUT2D eigenvalue weighted by Crippen LogP contribution is 2.29. The van der Waals surface area contributed by atoms with E-state index in [-0.39, 0.29) is 5.41 Å². The first kappa shape index (κ1) is 16.2. The molecule has 0 saturated carbocycles. The summed E-state index contributed by atoms with van der Waals surface area (Å²) in [4.78, 5) is 9.19. The Morgan fingerprint density at radius 3 is 2.33 bits per heavy atom. The Balaban J connectivity index is 2.06. The van der Waals surface area contributed by atoms with Crippen LogP contribution in [0.4, 0.5) is 5.95 Å². The van der Waals surface area contributed by atoms with Crippen LogP contribution in [0.25, 0.3) is 0 Å². The molecule has 1 aliphatic rings. The Bertz CT molecular complexity index is 416. The lowest BCUT2D eigenvalue weighted by molar-refractivity contribution is 0.0634. The topological polar surface area (TPSA) is 59.1 Å². The molecule has 0 radical (unpaired) electrons. The van der Waals surface area contributed by atoms with Gasteiger partial charge in [0.2, 0.25) is 5.95 Å². The molecule has 1 aliphatic heterocycles. The molecule has 0 unspecified atom stereocenters. The first-order valence-corrected chi connectivity index (χ1v) is 8.01. The monoisotopic (exact) mass is 292 g/mol. The minimum Gasteiger partial charge on any atom is -0.384 e. The Morgan fingerprint density at radius 2 is 1.81 bits per heavy atom. The number of nitrogens with zero attached hydrogens (tertiary/aromatic N) is 2. The van der Waals surface area contributed by atoms with Gasteiger partial charge in [-0.3, -0.25) is 0 Å². The average Bonchev–Trinajstić information content (AvgIpc) is 2.54. The van der Waals surface area contributed by atoms with E-state index in [9.17, 15) is 0 Å². The van der Waals surface area contributed by atoms with Crippen LogP contribution < -0.4 is 10.6 Å². The van der Waals surface area contributed by atoms with Gasteiger partial charge in [-0.05, 0) is 44.8 Å². The van der Waals surface area contributed by atoms with Gasteiger partial charge in [0.25, 0.3) is 0 Å². The Hall–Kier alpha value is -1.20. The van der Waals surface area contributed by atoms with Crippen LogP contribution in [0.3, 0.4) is 0 Å². The standard InChI is InChI=1S/C16H28N4O/c1-4-13-10-14(5-2)20-15(19-13)18-11-16(12-21-3)6-8-17-9-7-16/h10,17H,4-9,11-12H2,1-3H3,(H,18,19,20). The number of ether oxygens (including phenoxy) is 1. The van der Waals surface area contributed by atoms with E-state index in [1.54, 1.807) is 7.11 Å². The van der Waals surface area contributed by atoms with Crippen molar-refractivity contribution in [3.63, 3.8) is 0 Å². The molecule has 0 amide bonds. The number of rotatable bonds is 7. The number of nitrogens with one attached hydrogen (secondary N) is 2. The molecular weight excluding hydrogens is 264 g/mol. The van der Waals surface area contributed by atoms with Gasteiger partial charge >= 0.3 is 0 Å². The van der Waals surface area contributed by atoms with Crippen molar-refractivity contribution in [2.45, 2.75) is 39.5 Å². The molecule has 1 saturated heterocycles. The zero-order valence-corrected chi connectivity index (χ0v) is 13.5. The molecule has 5 heteroatoms. The Labute approximate surface area is 127 Å². The van der Waals surface area contributed by atoms with Gasteiger partial charge in [0.05, 0.1) is 6.61 Å². The number of aromatic nitrogens is 2. The number of hydrogen-bond donors (Lipinski definition) is 2. The van der Waals surface area contributed by atoms with Crippen LogP contribution in [0.2, 0.25) is 0 Å². The summed E-state index contributed by atoms with van der Waals surface area (Å²) in [6, 6.07) is 2.10. The van der Waals surface area contributed by atoms with E-state index in [1.807, 2.05) is 0 Å². The van der Waals surface area contributed by atoms with Crippen LogP contribution in [0, 0.1) is 5.41 Å². The summed E-state index contributed by atoms with van der Waals surface area (Å²) in [6.45, 7) is 8.03. The number of piperidine rings is 1. The van der Waals surface area contributed by atoms with Crippen LogP contribution in [0.1, 0.15) is 38.1 Å². The minimum absolute atomic E-state index is 0.192. The highest BCUT2D eigenvalue weighted by molar-refractivity contribution is 5.29. The van der Waals surface area contributed by atoms with Gasteiger partial charge in [-0.2, -0.15) is 0 Å². The van der Waals surface area contributed by atoms with E-state index in [4.69, 9.17) is 4.74 Å². The van der Waals surface area contributed by atoms with Crippen LogP contribution in [0.5, 0.6) is 0 Å². The lowest BCUT2D eigenvalue weighted by Gasteiger charge is -2.37. The number of anilines is 1. The summed E-state index contributed by atoms with van der Waals surface area (Å²) in [5, 5.41) is 6.88. The van der Waals surface area contributed by atoms with Gasteiger partial charge in [-0.1, -0.05) is 13.8 Å². The molecule has 1 fully saturated rings. The summed E-state index contributed by atoms with van der Waals surface area (Å²) < 4.78 is 5.45. The normalized spacial score (nSPS) is 17.7. The SMILES string of the molecule is CCc1cc(CC)nc(NCC2(COC)CCNCC2)n1. The van der Waals surface area contributed by atoms with Crippen molar-refractivity contribution in [2.24, 2.45) is 5.41 Å². The van der Waals surface area contributed by atoms with Crippen molar-refractivity contribution < 1.29 is 4.74 Å². The summed E-state index contributed by atoms with van der Waals surface area (Å²) in [5.41, 5.74) is 2.41. The minimum atomic E-state index is 0.192. The third kappa shape index (κ3) is 4.38. The van der Waals surface area contributed by atoms with Gasteiger partial charge in [0.15, 0.2) is 0 Å². The molecule has 118 valence electrons. The Morgan fingerprint density at radius 1 is 1.19 bits per heavy atom. The third-order valence-corrected chi connectivity index (χ3v) is 4.29. The third-order valence-electron chi connectivity index (χ3n) is 4.29. The van der Waals surface area contributed by atoms with E-state index in [1.165, 1.54) is 0 Å². The largest absolute Gasteiger partial charge is 0.384 e. The maximum Gasteiger partial charge on any atom is 0.223 e. The second-order valence-electron chi connectivity index (χ2n) is 5.92. The van der Waals surface area contributed by atoms with Gasteiger partial charge in [-0.25, -0.2) is 9.97 Å².